The Morgan fingerprint density at radius 3 is 2.69 bits per heavy atom. The fourth-order valence-corrected chi connectivity index (χ4v) is 5.68. The van der Waals surface area contributed by atoms with Crippen LogP contribution in [0.5, 0.6) is 0 Å². The predicted molar refractivity (Wildman–Crippen MR) is 108 cm³/mol. The summed E-state index contributed by atoms with van der Waals surface area (Å²) in [5.74, 6) is -0.123. The number of hydrogen-bond acceptors (Lipinski definition) is 5. The molecule has 1 aliphatic rings. The van der Waals surface area contributed by atoms with Gasteiger partial charge in [-0.3, -0.25) is 14.2 Å². The first-order valence-electron chi connectivity index (χ1n) is 9.13. The van der Waals surface area contributed by atoms with E-state index in [1.165, 1.54) is 36.5 Å². The predicted octanol–water partition coefficient (Wildman–Crippen LogP) is 5.03. The zero-order chi connectivity index (χ0) is 20.8. The van der Waals surface area contributed by atoms with Crippen LogP contribution < -0.4 is 5.56 Å². The van der Waals surface area contributed by atoms with Crippen LogP contribution >= 0.6 is 23.1 Å². The summed E-state index contributed by atoms with van der Waals surface area (Å²) >= 11 is 2.42. The van der Waals surface area contributed by atoms with Crippen molar-refractivity contribution in [1.82, 2.24) is 9.55 Å². The number of fused-ring (bicyclic) bond motifs is 3. The number of benzene rings is 1. The van der Waals surface area contributed by atoms with Crippen molar-refractivity contribution >= 4 is 39.1 Å². The van der Waals surface area contributed by atoms with Crippen molar-refractivity contribution in [2.75, 3.05) is 5.75 Å². The Labute approximate surface area is 172 Å². The van der Waals surface area contributed by atoms with Gasteiger partial charge in [0.05, 0.1) is 22.4 Å². The van der Waals surface area contributed by atoms with Crippen LogP contribution in [-0.4, -0.2) is 21.1 Å². The van der Waals surface area contributed by atoms with Crippen LogP contribution in [0, 0.1) is 0 Å². The number of thiophene rings is 1. The molecule has 0 N–H and O–H groups in total. The van der Waals surface area contributed by atoms with Gasteiger partial charge in [-0.05, 0) is 50.3 Å². The van der Waals surface area contributed by atoms with Crippen LogP contribution in [0.4, 0.5) is 13.2 Å². The lowest BCUT2D eigenvalue weighted by Crippen LogP contribution is -2.25. The van der Waals surface area contributed by atoms with Crippen molar-refractivity contribution in [2.24, 2.45) is 0 Å². The topological polar surface area (TPSA) is 52.0 Å². The van der Waals surface area contributed by atoms with Gasteiger partial charge >= 0.3 is 6.18 Å². The van der Waals surface area contributed by atoms with Gasteiger partial charge in [0.2, 0.25) is 0 Å². The summed E-state index contributed by atoms with van der Waals surface area (Å²) < 4.78 is 42.0. The first-order valence-corrected chi connectivity index (χ1v) is 10.9. The summed E-state index contributed by atoms with van der Waals surface area (Å²) in [5, 5.41) is 0.516. The summed E-state index contributed by atoms with van der Waals surface area (Å²) in [7, 11) is 0. The van der Waals surface area contributed by atoms with E-state index in [0.29, 0.717) is 10.2 Å². The van der Waals surface area contributed by atoms with Gasteiger partial charge in [-0.25, -0.2) is 4.98 Å². The number of aromatic nitrogens is 2. The third-order valence-electron chi connectivity index (χ3n) is 4.81. The normalized spacial score (nSPS) is 14.2. The minimum absolute atomic E-state index is 0.0250. The molecule has 0 unspecified atom stereocenters. The number of thioether (sulfide) groups is 1. The number of aryl methyl sites for hydroxylation is 2. The van der Waals surface area contributed by atoms with Gasteiger partial charge in [0.15, 0.2) is 5.16 Å². The van der Waals surface area contributed by atoms with Crippen LogP contribution in [0.1, 0.15) is 35.8 Å². The van der Waals surface area contributed by atoms with E-state index in [1.807, 2.05) is 0 Å². The van der Waals surface area contributed by atoms with Crippen LogP contribution in [-0.2, 0) is 23.8 Å². The molecular weight excluding hydrogens is 421 g/mol. The van der Waals surface area contributed by atoms with Gasteiger partial charge in [-0.15, -0.1) is 11.3 Å². The number of halogens is 3. The van der Waals surface area contributed by atoms with E-state index < -0.39 is 17.3 Å². The Hall–Kier alpha value is -2.13. The average Bonchev–Trinajstić information content (AvgIpc) is 3.04. The van der Waals surface area contributed by atoms with Crippen LogP contribution in [0.15, 0.2) is 34.2 Å². The lowest BCUT2D eigenvalue weighted by molar-refractivity contribution is -0.137. The smallest absolute Gasteiger partial charge is 0.299 e. The Bertz CT molecular complexity index is 1160. The number of alkyl halides is 3. The highest BCUT2D eigenvalue weighted by Crippen LogP contribution is 2.37. The SMILES string of the molecule is CC(=O)CSc1nc2sc3c(c2c(=O)n1-c1ccccc1C(F)(F)F)CCCC3. The number of hydrogen-bond donors (Lipinski definition) is 0. The molecule has 0 aliphatic heterocycles. The summed E-state index contributed by atoms with van der Waals surface area (Å²) in [4.78, 5) is 31.1. The van der Waals surface area contributed by atoms with E-state index in [9.17, 15) is 22.8 Å². The van der Waals surface area contributed by atoms with E-state index in [0.717, 1.165) is 58.5 Å². The highest BCUT2D eigenvalue weighted by molar-refractivity contribution is 7.99. The molecule has 1 aromatic carbocycles. The van der Waals surface area contributed by atoms with Gasteiger partial charge in [0.1, 0.15) is 10.6 Å². The lowest BCUT2D eigenvalue weighted by atomic mass is 9.97. The summed E-state index contributed by atoms with van der Waals surface area (Å²) in [6.07, 6.45) is -1.07. The molecule has 2 heterocycles. The highest BCUT2D eigenvalue weighted by Gasteiger charge is 2.35. The molecule has 0 saturated carbocycles. The molecule has 3 aromatic rings. The number of ketones is 1. The molecule has 0 bridgehead atoms. The van der Waals surface area contributed by atoms with Gasteiger partial charge in [0.25, 0.3) is 5.56 Å². The second-order valence-corrected chi connectivity index (χ2v) is 8.96. The van der Waals surface area contributed by atoms with Gasteiger partial charge < -0.3 is 0 Å². The molecular formula is C20H17F3N2O2S2. The quantitative estimate of drug-likeness (QED) is 0.424. The van der Waals surface area contributed by atoms with E-state index >= 15 is 0 Å². The van der Waals surface area contributed by atoms with Crippen molar-refractivity contribution in [2.45, 2.75) is 43.9 Å². The number of para-hydroxylation sites is 1. The van der Waals surface area contributed by atoms with E-state index in [1.54, 1.807) is 0 Å². The third kappa shape index (κ3) is 3.73. The molecule has 1 aliphatic carbocycles. The van der Waals surface area contributed by atoms with E-state index in [4.69, 9.17) is 0 Å². The highest BCUT2D eigenvalue weighted by atomic mass is 32.2. The Kier molecular flexibility index (Phi) is 5.29. The van der Waals surface area contributed by atoms with Gasteiger partial charge in [-0.2, -0.15) is 13.2 Å². The van der Waals surface area contributed by atoms with Gasteiger partial charge in [0, 0.05) is 4.88 Å². The molecule has 0 fully saturated rings. The number of nitrogens with zero attached hydrogens (tertiary/aromatic N) is 2. The average molecular weight is 438 g/mol. The maximum absolute atomic E-state index is 13.6. The fraction of sp³-hybridized carbons (Fsp3) is 0.350. The Balaban J connectivity index is 2.04. The third-order valence-corrected chi connectivity index (χ3v) is 7.08. The van der Waals surface area contributed by atoms with E-state index in [-0.39, 0.29) is 22.4 Å². The minimum atomic E-state index is -4.62. The Morgan fingerprint density at radius 2 is 1.97 bits per heavy atom. The molecule has 0 saturated heterocycles. The monoisotopic (exact) mass is 438 g/mol. The molecule has 0 radical (unpaired) electrons. The maximum atomic E-state index is 13.6. The number of carbonyl (C=O) groups is 1. The molecule has 4 rings (SSSR count). The first kappa shape index (κ1) is 20.2. The number of carbonyl (C=O) groups excluding carboxylic acids is 1. The van der Waals surface area contributed by atoms with Crippen LogP contribution in [0.3, 0.4) is 0 Å². The largest absolute Gasteiger partial charge is 0.418 e. The standard InChI is InChI=1S/C20H17F3N2O2S2/c1-11(26)10-28-19-24-17-16(12-6-2-5-9-15(12)29-17)18(27)25(19)14-8-4-3-7-13(14)20(21,22)23/h3-4,7-8H,2,5-6,9-10H2,1H3. The minimum Gasteiger partial charge on any atom is -0.299 e. The molecule has 9 heteroatoms. The molecule has 29 heavy (non-hydrogen) atoms. The second-order valence-electron chi connectivity index (χ2n) is 6.93. The first-order chi connectivity index (χ1) is 13.8. The van der Waals surface area contributed by atoms with Crippen molar-refractivity contribution < 1.29 is 18.0 Å². The zero-order valence-corrected chi connectivity index (χ0v) is 17.1. The van der Waals surface area contributed by atoms with Crippen molar-refractivity contribution in [1.29, 1.82) is 0 Å². The second kappa shape index (κ2) is 7.60. The van der Waals surface area contributed by atoms with E-state index in [2.05, 4.69) is 4.98 Å². The fourth-order valence-electron chi connectivity index (χ4n) is 3.57. The van der Waals surface area contributed by atoms with Crippen molar-refractivity contribution in [3.8, 4) is 5.69 Å². The number of rotatable bonds is 4. The molecule has 2 aromatic heterocycles. The molecule has 0 spiro atoms. The number of Topliss-reactive ketones (excluding diaryl/α,β-unsaturated/α-hetero) is 1. The summed E-state index contributed by atoms with van der Waals surface area (Å²) in [6, 6.07) is 4.98. The maximum Gasteiger partial charge on any atom is 0.418 e. The van der Waals surface area contributed by atoms with Crippen LogP contribution in [0.25, 0.3) is 15.9 Å². The zero-order valence-electron chi connectivity index (χ0n) is 15.5. The molecule has 4 nitrogen and oxygen atoms in total. The van der Waals surface area contributed by atoms with Crippen LogP contribution in [0.2, 0.25) is 0 Å². The summed E-state index contributed by atoms with van der Waals surface area (Å²) in [6.45, 7) is 1.39. The van der Waals surface area contributed by atoms with Crippen molar-refractivity contribution in [3.63, 3.8) is 0 Å². The molecule has 0 atom stereocenters. The van der Waals surface area contributed by atoms with Crippen molar-refractivity contribution in [3.05, 3.63) is 50.6 Å². The van der Waals surface area contributed by atoms with Gasteiger partial charge in [-0.1, -0.05) is 23.9 Å². The lowest BCUT2D eigenvalue weighted by Gasteiger charge is -2.17. The summed E-state index contributed by atoms with van der Waals surface area (Å²) in [5.41, 5.74) is -0.759. The molecule has 152 valence electrons. The molecule has 0 amide bonds. The Morgan fingerprint density at radius 1 is 1.24 bits per heavy atom.